The molecule has 0 spiro atoms. The molecule has 1 amide bonds. The fraction of sp³-hybridized carbons (Fsp3) is 0.438. The Balaban J connectivity index is 1.69. The smallest absolute Gasteiger partial charge is 0.230 e. The molecule has 0 saturated heterocycles. The first kappa shape index (κ1) is 16.7. The Hall–Kier alpha value is -0.640. The second-order valence-corrected chi connectivity index (χ2v) is 6.93. The van der Waals surface area contributed by atoms with Crippen molar-refractivity contribution < 1.29 is 4.79 Å². The van der Waals surface area contributed by atoms with Gasteiger partial charge in [-0.15, -0.1) is 11.8 Å². The first-order valence-electron chi connectivity index (χ1n) is 7.17. The van der Waals surface area contributed by atoms with Crippen LogP contribution < -0.4 is 5.32 Å². The van der Waals surface area contributed by atoms with Crippen molar-refractivity contribution in [2.24, 2.45) is 0 Å². The van der Waals surface area contributed by atoms with E-state index in [-0.39, 0.29) is 5.91 Å². The fourth-order valence-corrected chi connectivity index (χ4v) is 3.60. The molecule has 114 valence electrons. The summed E-state index contributed by atoms with van der Waals surface area (Å²) in [5, 5.41) is 4.22. The van der Waals surface area contributed by atoms with Gasteiger partial charge in [-0.3, -0.25) is 4.79 Å². The molecule has 0 bridgehead atoms. The van der Waals surface area contributed by atoms with Gasteiger partial charge in [-0.25, -0.2) is 0 Å². The molecule has 0 aromatic heterocycles. The summed E-state index contributed by atoms with van der Waals surface area (Å²) < 4.78 is 0. The van der Waals surface area contributed by atoms with Crippen molar-refractivity contribution in [2.75, 3.05) is 12.3 Å². The van der Waals surface area contributed by atoms with Crippen LogP contribution in [0.25, 0.3) is 0 Å². The van der Waals surface area contributed by atoms with Gasteiger partial charge in [-0.1, -0.05) is 34.9 Å². The molecule has 0 heterocycles. The molecule has 1 aromatic rings. The van der Waals surface area contributed by atoms with Crippen molar-refractivity contribution in [3.8, 4) is 0 Å². The second-order valence-electron chi connectivity index (χ2n) is 5.07. The Morgan fingerprint density at radius 2 is 2.14 bits per heavy atom. The van der Waals surface area contributed by atoms with Gasteiger partial charge in [-0.05, 0) is 50.3 Å². The molecule has 1 N–H and O–H groups in total. The van der Waals surface area contributed by atoms with Gasteiger partial charge in [0.25, 0.3) is 0 Å². The predicted octanol–water partition coefficient (Wildman–Crippen LogP) is 5.09. The van der Waals surface area contributed by atoms with Crippen LogP contribution in [0, 0.1) is 0 Å². The minimum atomic E-state index is 0.0347. The minimum absolute atomic E-state index is 0.0347. The predicted molar refractivity (Wildman–Crippen MR) is 91.4 cm³/mol. The molecule has 21 heavy (non-hydrogen) atoms. The Kier molecular flexibility index (Phi) is 6.94. The van der Waals surface area contributed by atoms with Crippen molar-refractivity contribution >= 4 is 40.9 Å². The largest absolute Gasteiger partial charge is 0.355 e. The van der Waals surface area contributed by atoms with Crippen LogP contribution in [-0.2, 0) is 4.79 Å². The number of benzene rings is 1. The number of rotatable bonds is 6. The van der Waals surface area contributed by atoms with Crippen molar-refractivity contribution in [1.82, 2.24) is 5.32 Å². The average Bonchev–Trinajstić information content (AvgIpc) is 2.49. The number of allylic oxidation sites excluding steroid dienone is 1. The van der Waals surface area contributed by atoms with E-state index in [0.717, 1.165) is 11.3 Å². The van der Waals surface area contributed by atoms with Gasteiger partial charge in [0.05, 0.1) is 10.8 Å². The molecule has 5 heteroatoms. The zero-order valence-electron chi connectivity index (χ0n) is 11.8. The lowest BCUT2D eigenvalue weighted by Crippen LogP contribution is -2.26. The summed E-state index contributed by atoms with van der Waals surface area (Å²) in [6, 6.07) is 5.28. The highest BCUT2D eigenvalue weighted by Crippen LogP contribution is 2.29. The van der Waals surface area contributed by atoms with Crippen molar-refractivity contribution in [2.45, 2.75) is 37.0 Å². The summed E-state index contributed by atoms with van der Waals surface area (Å²) in [7, 11) is 0. The summed E-state index contributed by atoms with van der Waals surface area (Å²) in [6.45, 7) is 0.717. The van der Waals surface area contributed by atoms with Crippen LogP contribution in [0.2, 0.25) is 10.0 Å². The second kappa shape index (κ2) is 8.72. The molecule has 0 saturated carbocycles. The highest BCUT2D eigenvalue weighted by atomic mass is 35.5. The van der Waals surface area contributed by atoms with Crippen LogP contribution in [0.1, 0.15) is 32.1 Å². The average molecular weight is 344 g/mol. The van der Waals surface area contributed by atoms with E-state index in [1.54, 1.807) is 18.2 Å². The molecule has 0 radical (unpaired) electrons. The Bertz CT molecular complexity index is 531. The van der Waals surface area contributed by atoms with Crippen molar-refractivity contribution in [3.05, 3.63) is 39.9 Å². The van der Waals surface area contributed by atoms with Crippen molar-refractivity contribution in [1.29, 1.82) is 0 Å². The first-order valence-corrected chi connectivity index (χ1v) is 8.92. The van der Waals surface area contributed by atoms with Gasteiger partial charge in [-0.2, -0.15) is 0 Å². The molecular weight excluding hydrogens is 325 g/mol. The molecule has 0 atom stereocenters. The highest BCUT2D eigenvalue weighted by molar-refractivity contribution is 8.00. The summed E-state index contributed by atoms with van der Waals surface area (Å²) in [4.78, 5) is 12.7. The molecular formula is C16H19Cl2NOS. The maximum atomic E-state index is 11.8. The standard InChI is InChI=1S/C16H19Cl2NOS/c17-13-6-7-14(18)15(10-13)21-11-16(20)19-9-8-12-4-2-1-3-5-12/h4,6-7,10H,1-3,5,8-9,11H2,(H,19,20). The molecule has 1 aromatic carbocycles. The van der Waals surface area contributed by atoms with Gasteiger partial charge < -0.3 is 5.32 Å². The van der Waals surface area contributed by atoms with Crippen LogP contribution in [-0.4, -0.2) is 18.2 Å². The third kappa shape index (κ3) is 5.93. The molecule has 1 aliphatic rings. The van der Waals surface area contributed by atoms with Crippen molar-refractivity contribution in [3.63, 3.8) is 0 Å². The van der Waals surface area contributed by atoms with Gasteiger partial charge in [0.1, 0.15) is 0 Å². The van der Waals surface area contributed by atoms with Crippen LogP contribution >= 0.6 is 35.0 Å². The quantitative estimate of drug-likeness (QED) is 0.575. The number of hydrogen-bond donors (Lipinski definition) is 1. The molecule has 0 unspecified atom stereocenters. The minimum Gasteiger partial charge on any atom is -0.355 e. The Morgan fingerprint density at radius 1 is 1.29 bits per heavy atom. The van der Waals surface area contributed by atoms with E-state index in [9.17, 15) is 4.79 Å². The molecule has 2 nitrogen and oxygen atoms in total. The summed E-state index contributed by atoms with van der Waals surface area (Å²) in [5.41, 5.74) is 1.48. The van der Waals surface area contributed by atoms with E-state index in [2.05, 4.69) is 11.4 Å². The SMILES string of the molecule is O=C(CSc1cc(Cl)ccc1Cl)NCCC1=CCCCC1. The van der Waals surface area contributed by atoms with E-state index >= 15 is 0 Å². The van der Waals surface area contributed by atoms with Gasteiger partial charge >= 0.3 is 0 Å². The number of carbonyl (C=O) groups is 1. The maximum absolute atomic E-state index is 11.8. The fourth-order valence-electron chi connectivity index (χ4n) is 2.28. The zero-order valence-corrected chi connectivity index (χ0v) is 14.2. The van der Waals surface area contributed by atoms with E-state index in [0.29, 0.717) is 22.3 Å². The monoisotopic (exact) mass is 343 g/mol. The molecule has 2 rings (SSSR count). The highest BCUT2D eigenvalue weighted by Gasteiger charge is 2.08. The first-order chi connectivity index (χ1) is 10.1. The van der Waals surface area contributed by atoms with E-state index in [1.807, 2.05) is 0 Å². The number of thioether (sulfide) groups is 1. The van der Waals surface area contributed by atoms with Crippen LogP contribution in [0.15, 0.2) is 34.7 Å². The number of amides is 1. The zero-order chi connectivity index (χ0) is 15.1. The van der Waals surface area contributed by atoms with Crippen LogP contribution in [0.5, 0.6) is 0 Å². The topological polar surface area (TPSA) is 29.1 Å². The number of hydrogen-bond acceptors (Lipinski definition) is 2. The lowest BCUT2D eigenvalue weighted by molar-refractivity contribution is -0.118. The van der Waals surface area contributed by atoms with Crippen LogP contribution in [0.3, 0.4) is 0 Å². The van der Waals surface area contributed by atoms with E-state index in [4.69, 9.17) is 23.2 Å². The lowest BCUT2D eigenvalue weighted by atomic mass is 9.97. The third-order valence-corrected chi connectivity index (χ3v) is 5.14. The van der Waals surface area contributed by atoms with Gasteiger partial charge in [0, 0.05) is 16.5 Å². The number of carbonyl (C=O) groups excluding carboxylic acids is 1. The molecule has 1 aliphatic carbocycles. The molecule has 0 fully saturated rings. The Labute approximate surface area is 140 Å². The summed E-state index contributed by atoms with van der Waals surface area (Å²) >= 11 is 13.4. The summed E-state index contributed by atoms with van der Waals surface area (Å²) in [6.07, 6.45) is 8.23. The third-order valence-electron chi connectivity index (χ3n) is 3.41. The normalized spacial score (nSPS) is 14.7. The summed E-state index contributed by atoms with van der Waals surface area (Å²) in [5.74, 6) is 0.395. The number of nitrogens with one attached hydrogen (secondary N) is 1. The number of halogens is 2. The van der Waals surface area contributed by atoms with Gasteiger partial charge in [0.15, 0.2) is 0 Å². The van der Waals surface area contributed by atoms with E-state index in [1.165, 1.54) is 43.0 Å². The molecule has 0 aliphatic heterocycles. The Morgan fingerprint density at radius 3 is 2.90 bits per heavy atom. The maximum Gasteiger partial charge on any atom is 0.230 e. The van der Waals surface area contributed by atoms with Crippen LogP contribution in [0.4, 0.5) is 0 Å². The van der Waals surface area contributed by atoms with E-state index < -0.39 is 0 Å². The lowest BCUT2D eigenvalue weighted by Gasteiger charge is -2.13. The van der Waals surface area contributed by atoms with Gasteiger partial charge in [0.2, 0.25) is 5.91 Å².